The molecule has 3 aromatic rings. The lowest BCUT2D eigenvalue weighted by atomic mass is 10.0. The SMILES string of the molecule is Cc1nc2cc(C(=O)NCC(C)(C)N3CCOCC3)ccc2n1-c1ccccc1. The summed E-state index contributed by atoms with van der Waals surface area (Å²) in [5.41, 5.74) is 3.41. The predicted molar refractivity (Wildman–Crippen MR) is 115 cm³/mol. The molecular formula is C23H28N4O2. The Labute approximate surface area is 171 Å². The summed E-state index contributed by atoms with van der Waals surface area (Å²) in [6.07, 6.45) is 0. The van der Waals surface area contributed by atoms with Gasteiger partial charge < -0.3 is 10.1 Å². The van der Waals surface area contributed by atoms with E-state index in [9.17, 15) is 4.79 Å². The number of amides is 1. The minimum absolute atomic E-state index is 0.0693. The van der Waals surface area contributed by atoms with Gasteiger partial charge in [0.25, 0.3) is 5.91 Å². The van der Waals surface area contributed by atoms with Gasteiger partial charge in [0, 0.05) is 36.4 Å². The van der Waals surface area contributed by atoms with Gasteiger partial charge >= 0.3 is 0 Å². The van der Waals surface area contributed by atoms with E-state index in [1.54, 1.807) is 0 Å². The van der Waals surface area contributed by atoms with Crippen LogP contribution in [0.5, 0.6) is 0 Å². The Hall–Kier alpha value is -2.70. The molecule has 6 nitrogen and oxygen atoms in total. The molecule has 1 aliphatic heterocycles. The normalized spacial score (nSPS) is 15.6. The first-order valence-corrected chi connectivity index (χ1v) is 10.1. The Kier molecular flexibility index (Phi) is 5.39. The molecule has 1 amide bonds. The first-order valence-electron chi connectivity index (χ1n) is 10.1. The second-order valence-corrected chi connectivity index (χ2v) is 8.13. The molecule has 29 heavy (non-hydrogen) atoms. The number of carbonyl (C=O) groups excluding carboxylic acids is 1. The monoisotopic (exact) mass is 392 g/mol. The summed E-state index contributed by atoms with van der Waals surface area (Å²) in [5.74, 6) is 0.831. The number of imidazole rings is 1. The molecule has 1 N–H and O–H groups in total. The third-order valence-corrected chi connectivity index (χ3v) is 5.65. The number of para-hydroxylation sites is 1. The molecule has 1 fully saturated rings. The molecule has 1 aliphatic rings. The topological polar surface area (TPSA) is 59.4 Å². The van der Waals surface area contributed by atoms with Gasteiger partial charge in [-0.1, -0.05) is 18.2 Å². The maximum absolute atomic E-state index is 12.8. The first kappa shape index (κ1) is 19.6. The number of nitrogens with one attached hydrogen (secondary N) is 1. The molecule has 4 rings (SSSR count). The lowest BCUT2D eigenvalue weighted by molar-refractivity contribution is -0.00923. The van der Waals surface area contributed by atoms with Gasteiger partial charge in [-0.05, 0) is 51.1 Å². The zero-order valence-corrected chi connectivity index (χ0v) is 17.3. The van der Waals surface area contributed by atoms with Crippen LogP contribution in [0.15, 0.2) is 48.5 Å². The number of fused-ring (bicyclic) bond motifs is 1. The van der Waals surface area contributed by atoms with Crippen LogP contribution in [0.1, 0.15) is 30.0 Å². The molecule has 0 atom stereocenters. The Balaban J connectivity index is 1.51. The highest BCUT2D eigenvalue weighted by Gasteiger charge is 2.28. The largest absolute Gasteiger partial charge is 0.379 e. The Morgan fingerprint density at radius 1 is 1.14 bits per heavy atom. The molecule has 6 heteroatoms. The second kappa shape index (κ2) is 7.97. The summed E-state index contributed by atoms with van der Waals surface area (Å²) >= 11 is 0. The highest BCUT2D eigenvalue weighted by atomic mass is 16.5. The average molecular weight is 393 g/mol. The summed E-state index contributed by atoms with van der Waals surface area (Å²) in [6, 6.07) is 15.9. The van der Waals surface area contributed by atoms with Gasteiger partial charge in [-0.25, -0.2) is 4.98 Å². The smallest absolute Gasteiger partial charge is 0.251 e. The van der Waals surface area contributed by atoms with Gasteiger partial charge in [0.2, 0.25) is 0 Å². The number of rotatable bonds is 5. The number of hydrogen-bond donors (Lipinski definition) is 1. The Bertz CT molecular complexity index is 1000. The molecule has 0 unspecified atom stereocenters. The summed E-state index contributed by atoms with van der Waals surface area (Å²) < 4.78 is 7.55. The van der Waals surface area contributed by atoms with Gasteiger partial charge in [0.05, 0.1) is 24.2 Å². The minimum Gasteiger partial charge on any atom is -0.379 e. The molecule has 0 aliphatic carbocycles. The van der Waals surface area contributed by atoms with Crippen molar-refractivity contribution < 1.29 is 9.53 Å². The minimum atomic E-state index is -0.116. The van der Waals surface area contributed by atoms with E-state index in [0.717, 1.165) is 48.8 Å². The van der Waals surface area contributed by atoms with Crippen LogP contribution in [0.3, 0.4) is 0 Å². The van der Waals surface area contributed by atoms with Crippen molar-refractivity contribution in [3.05, 3.63) is 59.9 Å². The van der Waals surface area contributed by atoms with Crippen molar-refractivity contribution in [1.29, 1.82) is 0 Å². The van der Waals surface area contributed by atoms with Crippen LogP contribution in [0.4, 0.5) is 0 Å². The number of morpholine rings is 1. The van der Waals surface area contributed by atoms with E-state index in [2.05, 4.69) is 45.7 Å². The van der Waals surface area contributed by atoms with Gasteiger partial charge in [-0.3, -0.25) is 14.3 Å². The van der Waals surface area contributed by atoms with Crippen LogP contribution in [0.2, 0.25) is 0 Å². The standard InChI is InChI=1S/C23H28N4O2/c1-17-25-20-15-18(9-10-21(20)27(17)19-7-5-4-6-8-19)22(28)24-16-23(2,3)26-11-13-29-14-12-26/h4-10,15H,11-14,16H2,1-3H3,(H,24,28). The molecule has 0 radical (unpaired) electrons. The highest BCUT2D eigenvalue weighted by molar-refractivity contribution is 5.97. The third kappa shape index (κ3) is 4.04. The lowest BCUT2D eigenvalue weighted by Crippen LogP contribution is -2.55. The molecule has 1 saturated heterocycles. The van der Waals surface area contributed by atoms with E-state index in [1.165, 1.54) is 0 Å². The fourth-order valence-corrected chi connectivity index (χ4v) is 3.92. The maximum Gasteiger partial charge on any atom is 0.251 e. The summed E-state index contributed by atoms with van der Waals surface area (Å²) in [6.45, 7) is 10.2. The van der Waals surface area contributed by atoms with Gasteiger partial charge in [0.15, 0.2) is 0 Å². The lowest BCUT2D eigenvalue weighted by Gasteiger charge is -2.40. The van der Waals surface area contributed by atoms with E-state index in [0.29, 0.717) is 12.1 Å². The Morgan fingerprint density at radius 2 is 1.86 bits per heavy atom. The number of aromatic nitrogens is 2. The van der Waals surface area contributed by atoms with Crippen LogP contribution in [-0.4, -0.2) is 58.7 Å². The molecule has 2 heterocycles. The third-order valence-electron chi connectivity index (χ3n) is 5.65. The quantitative estimate of drug-likeness (QED) is 0.725. The van der Waals surface area contributed by atoms with Crippen molar-refractivity contribution in [3.8, 4) is 5.69 Å². The number of benzene rings is 2. The Morgan fingerprint density at radius 3 is 2.59 bits per heavy atom. The summed E-state index contributed by atoms with van der Waals surface area (Å²) in [7, 11) is 0. The van der Waals surface area contributed by atoms with Crippen molar-refractivity contribution in [2.45, 2.75) is 26.3 Å². The van der Waals surface area contributed by atoms with E-state index in [1.807, 2.05) is 43.3 Å². The molecule has 0 spiro atoms. The second-order valence-electron chi connectivity index (χ2n) is 8.13. The van der Waals surface area contributed by atoms with Crippen LogP contribution in [-0.2, 0) is 4.74 Å². The molecule has 0 bridgehead atoms. The highest BCUT2D eigenvalue weighted by Crippen LogP contribution is 2.22. The number of nitrogens with zero attached hydrogens (tertiary/aromatic N) is 3. The van der Waals surface area contributed by atoms with Gasteiger partial charge in [0.1, 0.15) is 5.82 Å². The summed E-state index contributed by atoms with van der Waals surface area (Å²) in [4.78, 5) is 19.8. The maximum atomic E-state index is 12.8. The van der Waals surface area contributed by atoms with Crippen molar-refractivity contribution in [2.75, 3.05) is 32.8 Å². The van der Waals surface area contributed by atoms with Crippen LogP contribution in [0.25, 0.3) is 16.7 Å². The molecular weight excluding hydrogens is 364 g/mol. The van der Waals surface area contributed by atoms with Gasteiger partial charge in [-0.2, -0.15) is 0 Å². The number of hydrogen-bond acceptors (Lipinski definition) is 4. The van der Waals surface area contributed by atoms with Crippen molar-refractivity contribution in [2.24, 2.45) is 0 Å². The zero-order valence-electron chi connectivity index (χ0n) is 17.3. The predicted octanol–water partition coefficient (Wildman–Crippen LogP) is 3.17. The van der Waals surface area contributed by atoms with Crippen molar-refractivity contribution in [3.63, 3.8) is 0 Å². The fourth-order valence-electron chi connectivity index (χ4n) is 3.92. The van der Waals surface area contributed by atoms with Crippen LogP contribution in [0, 0.1) is 6.92 Å². The van der Waals surface area contributed by atoms with E-state index >= 15 is 0 Å². The number of carbonyl (C=O) groups is 1. The first-order chi connectivity index (χ1) is 14.0. The molecule has 1 aromatic heterocycles. The summed E-state index contributed by atoms with van der Waals surface area (Å²) in [5, 5.41) is 3.10. The van der Waals surface area contributed by atoms with Crippen LogP contribution < -0.4 is 5.32 Å². The number of ether oxygens (including phenoxy) is 1. The molecule has 0 saturated carbocycles. The average Bonchev–Trinajstić information content (AvgIpc) is 3.08. The van der Waals surface area contributed by atoms with E-state index < -0.39 is 0 Å². The van der Waals surface area contributed by atoms with Crippen LogP contribution >= 0.6 is 0 Å². The number of aryl methyl sites for hydroxylation is 1. The molecule has 152 valence electrons. The fraction of sp³-hybridized carbons (Fsp3) is 0.391. The van der Waals surface area contributed by atoms with E-state index in [-0.39, 0.29) is 11.4 Å². The van der Waals surface area contributed by atoms with Crippen molar-refractivity contribution in [1.82, 2.24) is 19.8 Å². The van der Waals surface area contributed by atoms with Gasteiger partial charge in [-0.15, -0.1) is 0 Å². The van der Waals surface area contributed by atoms with E-state index in [4.69, 9.17) is 4.74 Å². The molecule has 2 aromatic carbocycles. The van der Waals surface area contributed by atoms with Crippen molar-refractivity contribution >= 4 is 16.9 Å². The zero-order chi connectivity index (χ0) is 20.4.